The van der Waals surface area contributed by atoms with Gasteiger partial charge in [-0.05, 0) is 31.9 Å². The van der Waals surface area contributed by atoms with Crippen LogP contribution in [0, 0.1) is 6.92 Å². The summed E-state index contributed by atoms with van der Waals surface area (Å²) in [7, 11) is -3.77. The molecule has 0 saturated heterocycles. The fourth-order valence-corrected chi connectivity index (χ4v) is 2.85. The number of carbonyl (C=O) groups is 1. The first-order valence-corrected chi connectivity index (χ1v) is 7.64. The standard InChI is InChI=1S/C13H19NO4S/c1-3-18-10-6-9-13(15)14-19(16,17)12-8-5-4-7-11(12)2/h4-5,7-8H,3,6,9-10H2,1-2H3,(H,14,15). The predicted octanol–water partition coefficient (Wildman–Crippen LogP) is 1.62. The van der Waals surface area contributed by atoms with Gasteiger partial charge in [0.05, 0.1) is 4.90 Å². The molecular formula is C13H19NO4S. The summed E-state index contributed by atoms with van der Waals surface area (Å²) in [5.74, 6) is -0.511. The van der Waals surface area contributed by atoms with Crippen molar-refractivity contribution in [3.63, 3.8) is 0 Å². The second kappa shape index (κ2) is 7.25. The maximum atomic E-state index is 12.0. The van der Waals surface area contributed by atoms with Crippen LogP contribution >= 0.6 is 0 Å². The van der Waals surface area contributed by atoms with Gasteiger partial charge in [-0.3, -0.25) is 4.79 Å². The van der Waals surface area contributed by atoms with Crippen LogP contribution in [-0.4, -0.2) is 27.5 Å². The quantitative estimate of drug-likeness (QED) is 0.773. The molecule has 0 aliphatic rings. The Hall–Kier alpha value is -1.40. The first kappa shape index (κ1) is 15.7. The van der Waals surface area contributed by atoms with Crippen LogP contribution in [0.2, 0.25) is 0 Å². The van der Waals surface area contributed by atoms with Crippen molar-refractivity contribution in [2.45, 2.75) is 31.6 Å². The number of nitrogens with one attached hydrogen (secondary N) is 1. The molecule has 1 rings (SSSR count). The highest BCUT2D eigenvalue weighted by molar-refractivity contribution is 7.90. The van der Waals surface area contributed by atoms with E-state index in [9.17, 15) is 13.2 Å². The van der Waals surface area contributed by atoms with Crippen LogP contribution in [0.1, 0.15) is 25.3 Å². The van der Waals surface area contributed by atoms with E-state index in [1.165, 1.54) is 6.07 Å². The van der Waals surface area contributed by atoms with Gasteiger partial charge in [-0.25, -0.2) is 13.1 Å². The van der Waals surface area contributed by atoms with E-state index in [0.29, 0.717) is 25.2 Å². The van der Waals surface area contributed by atoms with E-state index >= 15 is 0 Å². The van der Waals surface area contributed by atoms with Crippen molar-refractivity contribution in [3.05, 3.63) is 29.8 Å². The highest BCUT2D eigenvalue weighted by Crippen LogP contribution is 2.13. The van der Waals surface area contributed by atoms with Gasteiger partial charge in [-0.15, -0.1) is 0 Å². The fraction of sp³-hybridized carbons (Fsp3) is 0.462. The Labute approximate surface area is 114 Å². The number of aryl methyl sites for hydroxylation is 1. The van der Waals surface area contributed by atoms with E-state index in [2.05, 4.69) is 4.72 Å². The minimum Gasteiger partial charge on any atom is -0.382 e. The Morgan fingerprint density at radius 1 is 1.32 bits per heavy atom. The van der Waals surface area contributed by atoms with Crippen molar-refractivity contribution < 1.29 is 17.9 Å². The number of benzene rings is 1. The van der Waals surface area contributed by atoms with Crippen LogP contribution in [0.15, 0.2) is 29.2 Å². The molecule has 0 atom stereocenters. The van der Waals surface area contributed by atoms with Gasteiger partial charge in [0, 0.05) is 19.6 Å². The molecule has 1 aromatic carbocycles. The van der Waals surface area contributed by atoms with Crippen molar-refractivity contribution in [3.8, 4) is 0 Å². The Bertz CT molecular complexity index is 525. The van der Waals surface area contributed by atoms with Crippen molar-refractivity contribution in [1.29, 1.82) is 0 Å². The molecule has 5 nitrogen and oxygen atoms in total. The fourth-order valence-electron chi connectivity index (χ4n) is 1.59. The summed E-state index contributed by atoms with van der Waals surface area (Å²) in [5.41, 5.74) is 0.608. The largest absolute Gasteiger partial charge is 0.382 e. The van der Waals surface area contributed by atoms with E-state index < -0.39 is 15.9 Å². The number of sulfonamides is 1. The summed E-state index contributed by atoms with van der Waals surface area (Å²) < 4.78 is 31.1. The van der Waals surface area contributed by atoms with Crippen molar-refractivity contribution in [2.24, 2.45) is 0 Å². The Morgan fingerprint density at radius 2 is 2.00 bits per heavy atom. The molecule has 0 aliphatic heterocycles. The van der Waals surface area contributed by atoms with Gasteiger partial charge >= 0.3 is 0 Å². The van der Waals surface area contributed by atoms with E-state index in [1.807, 2.05) is 6.92 Å². The highest BCUT2D eigenvalue weighted by Gasteiger charge is 2.18. The lowest BCUT2D eigenvalue weighted by Crippen LogP contribution is -2.31. The third-order valence-electron chi connectivity index (χ3n) is 2.53. The maximum absolute atomic E-state index is 12.0. The van der Waals surface area contributed by atoms with Gasteiger partial charge < -0.3 is 4.74 Å². The summed E-state index contributed by atoms with van der Waals surface area (Å²) >= 11 is 0. The highest BCUT2D eigenvalue weighted by atomic mass is 32.2. The lowest BCUT2D eigenvalue weighted by atomic mass is 10.2. The Morgan fingerprint density at radius 3 is 2.63 bits per heavy atom. The number of ether oxygens (including phenoxy) is 1. The molecule has 0 radical (unpaired) electrons. The molecule has 1 amide bonds. The second-order valence-corrected chi connectivity index (χ2v) is 5.75. The topological polar surface area (TPSA) is 72.5 Å². The Kier molecular flexibility index (Phi) is 5.98. The average Bonchev–Trinajstić information content (AvgIpc) is 2.34. The Balaban J connectivity index is 2.60. The first-order chi connectivity index (χ1) is 8.97. The molecule has 19 heavy (non-hydrogen) atoms. The van der Waals surface area contributed by atoms with Crippen LogP contribution in [0.5, 0.6) is 0 Å². The van der Waals surface area contributed by atoms with Gasteiger partial charge in [0.25, 0.3) is 10.0 Å². The zero-order valence-corrected chi connectivity index (χ0v) is 12.0. The molecule has 0 saturated carbocycles. The van der Waals surface area contributed by atoms with Crippen LogP contribution in [-0.2, 0) is 19.6 Å². The smallest absolute Gasteiger partial charge is 0.264 e. The lowest BCUT2D eigenvalue weighted by molar-refractivity contribution is -0.119. The number of amides is 1. The van der Waals surface area contributed by atoms with Crippen LogP contribution in [0.4, 0.5) is 0 Å². The van der Waals surface area contributed by atoms with Gasteiger partial charge in [-0.2, -0.15) is 0 Å². The third-order valence-corrected chi connectivity index (χ3v) is 4.06. The minimum atomic E-state index is -3.77. The second-order valence-electron chi connectivity index (χ2n) is 4.09. The summed E-state index contributed by atoms with van der Waals surface area (Å²) in [5, 5.41) is 0. The summed E-state index contributed by atoms with van der Waals surface area (Å²) in [6.07, 6.45) is 0.633. The zero-order valence-electron chi connectivity index (χ0n) is 11.2. The van der Waals surface area contributed by atoms with E-state index in [-0.39, 0.29) is 11.3 Å². The van der Waals surface area contributed by atoms with Crippen molar-refractivity contribution in [2.75, 3.05) is 13.2 Å². The third kappa shape index (κ3) is 5.00. The monoisotopic (exact) mass is 285 g/mol. The summed E-state index contributed by atoms with van der Waals surface area (Å²) in [6.45, 7) is 4.59. The summed E-state index contributed by atoms with van der Waals surface area (Å²) in [6, 6.07) is 6.54. The van der Waals surface area contributed by atoms with Gasteiger partial charge in [-0.1, -0.05) is 18.2 Å². The molecule has 0 spiro atoms. The van der Waals surface area contributed by atoms with E-state index in [1.54, 1.807) is 25.1 Å². The summed E-state index contributed by atoms with van der Waals surface area (Å²) in [4.78, 5) is 11.7. The van der Waals surface area contributed by atoms with Gasteiger partial charge in [0.1, 0.15) is 0 Å². The van der Waals surface area contributed by atoms with Gasteiger partial charge in [0.15, 0.2) is 0 Å². The van der Waals surface area contributed by atoms with Gasteiger partial charge in [0.2, 0.25) is 5.91 Å². The normalized spacial score (nSPS) is 11.3. The molecule has 106 valence electrons. The van der Waals surface area contributed by atoms with E-state index in [0.717, 1.165) is 0 Å². The maximum Gasteiger partial charge on any atom is 0.264 e. The molecule has 1 N–H and O–H groups in total. The average molecular weight is 285 g/mol. The SMILES string of the molecule is CCOCCCC(=O)NS(=O)(=O)c1ccccc1C. The molecule has 0 bridgehead atoms. The van der Waals surface area contributed by atoms with Crippen LogP contribution in [0.3, 0.4) is 0 Å². The molecule has 0 heterocycles. The number of hydrogen-bond acceptors (Lipinski definition) is 4. The molecule has 0 aromatic heterocycles. The molecule has 1 aromatic rings. The predicted molar refractivity (Wildman–Crippen MR) is 72.2 cm³/mol. The number of rotatable bonds is 7. The van der Waals surface area contributed by atoms with Crippen molar-refractivity contribution >= 4 is 15.9 Å². The van der Waals surface area contributed by atoms with Crippen LogP contribution < -0.4 is 4.72 Å². The van der Waals surface area contributed by atoms with E-state index in [4.69, 9.17) is 4.74 Å². The molecule has 0 aliphatic carbocycles. The molecule has 6 heteroatoms. The zero-order chi connectivity index (χ0) is 14.3. The molecule has 0 fully saturated rings. The number of hydrogen-bond donors (Lipinski definition) is 1. The lowest BCUT2D eigenvalue weighted by Gasteiger charge is -2.09. The molecule has 0 unspecified atom stereocenters. The molecular weight excluding hydrogens is 266 g/mol. The van der Waals surface area contributed by atoms with Crippen molar-refractivity contribution in [1.82, 2.24) is 4.72 Å². The van der Waals surface area contributed by atoms with Crippen LogP contribution in [0.25, 0.3) is 0 Å². The minimum absolute atomic E-state index is 0.130. The first-order valence-electron chi connectivity index (χ1n) is 6.16. The number of carbonyl (C=O) groups excluding carboxylic acids is 1.